The molecule has 1 aliphatic rings. The van der Waals surface area contributed by atoms with Crippen LogP contribution >= 0.6 is 0 Å². The average molecular weight is 244 g/mol. The molecule has 1 aromatic carbocycles. The highest BCUT2D eigenvalue weighted by molar-refractivity contribution is 5.43. The molecular weight excluding hydrogens is 231 g/mol. The number of benzene rings is 1. The molecule has 1 aliphatic heterocycles. The summed E-state index contributed by atoms with van der Waals surface area (Å²) in [6.07, 6.45) is 4.16. The van der Waals surface area contributed by atoms with Crippen LogP contribution in [0.2, 0.25) is 0 Å². The van der Waals surface area contributed by atoms with Crippen LogP contribution in [-0.2, 0) is 0 Å². The molecule has 0 amide bonds. The third-order valence-electron chi connectivity index (χ3n) is 3.17. The van der Waals surface area contributed by atoms with Crippen molar-refractivity contribution < 1.29 is 4.39 Å². The van der Waals surface area contributed by atoms with Crippen LogP contribution in [0.4, 0.5) is 16.0 Å². The van der Waals surface area contributed by atoms with Gasteiger partial charge in [0.15, 0.2) is 0 Å². The Hall–Kier alpha value is -2.17. The van der Waals surface area contributed by atoms with Gasteiger partial charge in [0.2, 0.25) is 5.95 Å². The van der Waals surface area contributed by atoms with Crippen LogP contribution in [0.25, 0.3) is 0 Å². The fourth-order valence-corrected chi connectivity index (χ4v) is 2.17. The third kappa shape index (κ3) is 1.88. The van der Waals surface area contributed by atoms with E-state index in [0.717, 1.165) is 18.5 Å². The molecule has 1 aromatic heterocycles. The van der Waals surface area contributed by atoms with E-state index in [1.165, 1.54) is 6.07 Å². The van der Waals surface area contributed by atoms with Crippen LogP contribution in [0.3, 0.4) is 0 Å². The molecule has 1 fully saturated rings. The monoisotopic (exact) mass is 244 g/mol. The first kappa shape index (κ1) is 11.0. The van der Waals surface area contributed by atoms with Crippen LogP contribution in [0.1, 0.15) is 18.0 Å². The van der Waals surface area contributed by atoms with Gasteiger partial charge in [0, 0.05) is 6.54 Å². The quantitative estimate of drug-likeness (QED) is 0.879. The zero-order valence-electron chi connectivity index (χ0n) is 9.75. The van der Waals surface area contributed by atoms with Gasteiger partial charge >= 0.3 is 0 Å². The van der Waals surface area contributed by atoms with Crippen molar-refractivity contribution in [2.45, 2.75) is 12.5 Å². The Balaban J connectivity index is 1.85. The molecule has 2 heterocycles. The second-order valence-corrected chi connectivity index (χ2v) is 4.37. The van der Waals surface area contributed by atoms with E-state index in [2.05, 4.69) is 9.97 Å². The minimum Gasteiger partial charge on any atom is -0.396 e. The highest BCUT2D eigenvalue weighted by atomic mass is 19.1. The van der Waals surface area contributed by atoms with Crippen molar-refractivity contribution in [3.8, 4) is 0 Å². The third-order valence-corrected chi connectivity index (χ3v) is 3.17. The Kier molecular flexibility index (Phi) is 2.59. The Morgan fingerprint density at radius 3 is 2.67 bits per heavy atom. The Morgan fingerprint density at radius 2 is 2.06 bits per heavy atom. The molecule has 1 unspecified atom stereocenters. The van der Waals surface area contributed by atoms with Crippen molar-refractivity contribution in [1.29, 1.82) is 0 Å². The van der Waals surface area contributed by atoms with Crippen LogP contribution in [0, 0.1) is 5.82 Å². The summed E-state index contributed by atoms with van der Waals surface area (Å²) >= 11 is 0. The lowest BCUT2D eigenvalue weighted by atomic mass is 9.95. The van der Waals surface area contributed by atoms with E-state index < -0.39 is 0 Å². The van der Waals surface area contributed by atoms with Gasteiger partial charge in [-0.25, -0.2) is 14.4 Å². The van der Waals surface area contributed by atoms with Gasteiger partial charge in [0.05, 0.1) is 24.1 Å². The van der Waals surface area contributed by atoms with Gasteiger partial charge in [-0.1, -0.05) is 12.1 Å². The first-order valence-corrected chi connectivity index (χ1v) is 5.83. The van der Waals surface area contributed by atoms with Crippen molar-refractivity contribution in [2.24, 2.45) is 0 Å². The molecule has 92 valence electrons. The number of rotatable bonds is 2. The van der Waals surface area contributed by atoms with Crippen molar-refractivity contribution in [3.63, 3.8) is 0 Å². The minimum absolute atomic E-state index is 0.157. The average Bonchev–Trinajstić information content (AvgIpc) is 2.31. The van der Waals surface area contributed by atoms with Crippen molar-refractivity contribution >= 4 is 11.6 Å². The number of nitrogens with two attached hydrogens (primary N) is 1. The van der Waals surface area contributed by atoms with Crippen LogP contribution in [0.15, 0.2) is 36.7 Å². The summed E-state index contributed by atoms with van der Waals surface area (Å²) < 4.78 is 13.2. The molecule has 5 heteroatoms. The molecule has 1 atom stereocenters. The maximum atomic E-state index is 13.2. The van der Waals surface area contributed by atoms with Gasteiger partial charge in [-0.15, -0.1) is 0 Å². The number of nitrogen functional groups attached to an aromatic ring is 1. The van der Waals surface area contributed by atoms with Crippen LogP contribution in [-0.4, -0.2) is 16.5 Å². The summed E-state index contributed by atoms with van der Waals surface area (Å²) in [7, 11) is 0. The smallest absolute Gasteiger partial charge is 0.225 e. The summed E-state index contributed by atoms with van der Waals surface area (Å²) in [5.74, 6) is 0.433. The van der Waals surface area contributed by atoms with E-state index in [0.29, 0.717) is 11.6 Å². The van der Waals surface area contributed by atoms with Gasteiger partial charge in [0.1, 0.15) is 5.82 Å². The first-order chi connectivity index (χ1) is 8.74. The predicted molar refractivity (Wildman–Crippen MR) is 67.5 cm³/mol. The molecule has 0 radical (unpaired) electrons. The molecule has 0 bridgehead atoms. The van der Waals surface area contributed by atoms with Gasteiger partial charge in [-0.05, 0) is 24.1 Å². The van der Waals surface area contributed by atoms with Gasteiger partial charge < -0.3 is 10.6 Å². The molecule has 18 heavy (non-hydrogen) atoms. The Labute approximate surface area is 104 Å². The van der Waals surface area contributed by atoms with Gasteiger partial charge in [-0.2, -0.15) is 0 Å². The number of hydrogen-bond donors (Lipinski definition) is 1. The SMILES string of the molecule is Nc1cnc(N2CCC2c2cccc(F)c2)nc1. The van der Waals surface area contributed by atoms with Gasteiger partial charge in [-0.3, -0.25) is 0 Å². The topological polar surface area (TPSA) is 55.0 Å². The van der Waals surface area contributed by atoms with Crippen LogP contribution in [0.5, 0.6) is 0 Å². The number of anilines is 2. The minimum atomic E-state index is -0.211. The van der Waals surface area contributed by atoms with E-state index in [1.54, 1.807) is 24.5 Å². The van der Waals surface area contributed by atoms with Crippen molar-refractivity contribution in [2.75, 3.05) is 17.2 Å². The maximum absolute atomic E-state index is 13.2. The highest BCUT2D eigenvalue weighted by Crippen LogP contribution is 2.35. The normalized spacial score (nSPS) is 18.5. The summed E-state index contributed by atoms with van der Waals surface area (Å²) in [5.41, 5.74) is 7.06. The van der Waals surface area contributed by atoms with E-state index in [-0.39, 0.29) is 11.9 Å². The van der Waals surface area contributed by atoms with Crippen LogP contribution < -0.4 is 10.6 Å². The highest BCUT2D eigenvalue weighted by Gasteiger charge is 2.31. The number of nitrogens with zero attached hydrogens (tertiary/aromatic N) is 3. The fourth-order valence-electron chi connectivity index (χ4n) is 2.17. The second kappa shape index (κ2) is 4.25. The number of aromatic nitrogens is 2. The van der Waals surface area contributed by atoms with E-state index >= 15 is 0 Å². The molecule has 4 nitrogen and oxygen atoms in total. The van der Waals surface area contributed by atoms with E-state index in [4.69, 9.17) is 5.73 Å². The van der Waals surface area contributed by atoms with Crippen molar-refractivity contribution in [3.05, 3.63) is 48.0 Å². The van der Waals surface area contributed by atoms with Gasteiger partial charge in [0.25, 0.3) is 0 Å². The molecule has 3 rings (SSSR count). The molecule has 1 saturated heterocycles. The lowest BCUT2D eigenvalue weighted by Crippen LogP contribution is -2.42. The summed E-state index contributed by atoms with van der Waals surface area (Å²) in [6, 6.07) is 6.83. The zero-order chi connectivity index (χ0) is 12.5. The molecule has 2 N–H and O–H groups in total. The Morgan fingerprint density at radius 1 is 1.28 bits per heavy atom. The lowest BCUT2D eigenvalue weighted by molar-refractivity contribution is 0.453. The maximum Gasteiger partial charge on any atom is 0.225 e. The van der Waals surface area contributed by atoms with Crippen molar-refractivity contribution in [1.82, 2.24) is 9.97 Å². The molecular formula is C13H13FN4. The second-order valence-electron chi connectivity index (χ2n) is 4.37. The number of halogens is 1. The molecule has 2 aromatic rings. The fraction of sp³-hybridized carbons (Fsp3) is 0.231. The summed E-state index contributed by atoms with van der Waals surface area (Å²) in [4.78, 5) is 10.4. The first-order valence-electron chi connectivity index (χ1n) is 5.83. The standard InChI is InChI=1S/C13H13FN4/c14-10-3-1-2-9(6-10)12-4-5-18(12)13-16-7-11(15)8-17-13/h1-3,6-8,12H,4-5,15H2. The summed E-state index contributed by atoms with van der Waals surface area (Å²) in [5, 5.41) is 0. The summed E-state index contributed by atoms with van der Waals surface area (Å²) in [6.45, 7) is 0.880. The number of hydrogen-bond acceptors (Lipinski definition) is 4. The molecule has 0 saturated carbocycles. The Bertz CT molecular complexity index is 555. The van der Waals surface area contributed by atoms with E-state index in [1.807, 2.05) is 11.0 Å². The predicted octanol–water partition coefficient (Wildman–Crippen LogP) is 2.15. The van der Waals surface area contributed by atoms with E-state index in [9.17, 15) is 4.39 Å². The molecule has 0 spiro atoms. The lowest BCUT2D eigenvalue weighted by Gasteiger charge is -2.41. The largest absolute Gasteiger partial charge is 0.396 e. The zero-order valence-corrected chi connectivity index (χ0v) is 9.75. The molecule has 0 aliphatic carbocycles.